The van der Waals surface area contributed by atoms with Gasteiger partial charge in [0.05, 0.1) is 0 Å². The van der Waals surface area contributed by atoms with Gasteiger partial charge in [0.25, 0.3) is 5.91 Å². The molecule has 0 saturated heterocycles. The molecule has 0 bridgehead atoms. The van der Waals surface area contributed by atoms with Crippen LogP contribution in [0.2, 0.25) is 0 Å². The highest BCUT2D eigenvalue weighted by Crippen LogP contribution is 2.32. The smallest absolute Gasteiger partial charge is 0.251 e. The summed E-state index contributed by atoms with van der Waals surface area (Å²) in [6.45, 7) is 1.05. The standard InChI is InChI=1S/C14H16N2O4/c17-13(9-1-2-9)15-5-6-16-14(18)10-3-4-11-12(7-10)20-8-19-11/h3-4,7,9H,1-2,5-6,8H2,(H,15,17)(H,16,18). The van der Waals surface area contributed by atoms with E-state index in [-0.39, 0.29) is 24.5 Å². The van der Waals surface area contributed by atoms with Crippen molar-refractivity contribution < 1.29 is 19.1 Å². The van der Waals surface area contributed by atoms with Crippen molar-refractivity contribution in [3.05, 3.63) is 23.8 Å². The van der Waals surface area contributed by atoms with Crippen LogP contribution in [0.5, 0.6) is 11.5 Å². The van der Waals surface area contributed by atoms with Gasteiger partial charge >= 0.3 is 0 Å². The van der Waals surface area contributed by atoms with Gasteiger partial charge in [-0.25, -0.2) is 0 Å². The Morgan fingerprint density at radius 3 is 2.65 bits per heavy atom. The van der Waals surface area contributed by atoms with E-state index < -0.39 is 0 Å². The number of ether oxygens (including phenoxy) is 2. The number of carbonyl (C=O) groups excluding carboxylic acids is 2. The highest BCUT2D eigenvalue weighted by Gasteiger charge is 2.29. The van der Waals surface area contributed by atoms with Gasteiger partial charge in [0, 0.05) is 24.6 Å². The number of benzene rings is 1. The number of fused-ring (bicyclic) bond motifs is 1. The summed E-state index contributed by atoms with van der Waals surface area (Å²) < 4.78 is 10.4. The van der Waals surface area contributed by atoms with Crippen molar-refractivity contribution in [2.45, 2.75) is 12.8 Å². The van der Waals surface area contributed by atoms with Crippen LogP contribution in [0.4, 0.5) is 0 Å². The number of carbonyl (C=O) groups is 2. The van der Waals surface area contributed by atoms with Crippen molar-refractivity contribution >= 4 is 11.8 Å². The van der Waals surface area contributed by atoms with Crippen molar-refractivity contribution in [3.8, 4) is 11.5 Å². The molecule has 1 aliphatic carbocycles. The summed E-state index contributed by atoms with van der Waals surface area (Å²) >= 11 is 0. The zero-order valence-corrected chi connectivity index (χ0v) is 11.0. The highest BCUT2D eigenvalue weighted by atomic mass is 16.7. The van der Waals surface area contributed by atoms with Crippen LogP contribution in [0, 0.1) is 5.92 Å². The van der Waals surface area contributed by atoms with Gasteiger partial charge < -0.3 is 20.1 Å². The van der Waals surface area contributed by atoms with Gasteiger partial charge in [-0.2, -0.15) is 0 Å². The van der Waals surface area contributed by atoms with E-state index in [4.69, 9.17) is 9.47 Å². The molecule has 1 aromatic rings. The molecule has 1 aromatic carbocycles. The molecular weight excluding hydrogens is 260 g/mol. The highest BCUT2D eigenvalue weighted by molar-refractivity contribution is 5.95. The maximum absolute atomic E-state index is 11.9. The lowest BCUT2D eigenvalue weighted by Gasteiger charge is -2.07. The topological polar surface area (TPSA) is 76.7 Å². The van der Waals surface area contributed by atoms with Crippen LogP contribution < -0.4 is 20.1 Å². The minimum Gasteiger partial charge on any atom is -0.454 e. The molecule has 1 aliphatic heterocycles. The molecule has 0 unspecified atom stereocenters. The monoisotopic (exact) mass is 276 g/mol. The van der Waals surface area contributed by atoms with Crippen molar-refractivity contribution in [1.82, 2.24) is 10.6 Å². The van der Waals surface area contributed by atoms with Gasteiger partial charge in [-0.1, -0.05) is 0 Å². The van der Waals surface area contributed by atoms with Gasteiger partial charge in [-0.05, 0) is 31.0 Å². The second kappa shape index (κ2) is 5.40. The second-order valence-electron chi connectivity index (χ2n) is 4.89. The maximum atomic E-state index is 11.9. The van der Waals surface area contributed by atoms with Gasteiger partial charge in [0.15, 0.2) is 11.5 Å². The Morgan fingerprint density at radius 1 is 1.10 bits per heavy atom. The van der Waals surface area contributed by atoms with Crippen LogP contribution in [0.3, 0.4) is 0 Å². The normalized spacial score (nSPS) is 15.8. The number of hydrogen-bond donors (Lipinski definition) is 2. The lowest BCUT2D eigenvalue weighted by molar-refractivity contribution is -0.122. The molecule has 3 rings (SSSR count). The number of amides is 2. The predicted octanol–water partition coefficient (Wildman–Crippen LogP) is 0.671. The fourth-order valence-electron chi connectivity index (χ4n) is 1.99. The van der Waals surface area contributed by atoms with Crippen molar-refractivity contribution in [1.29, 1.82) is 0 Å². The van der Waals surface area contributed by atoms with Gasteiger partial charge in [0.2, 0.25) is 12.7 Å². The van der Waals surface area contributed by atoms with E-state index in [9.17, 15) is 9.59 Å². The van der Waals surface area contributed by atoms with Crippen LogP contribution in [0.25, 0.3) is 0 Å². The Hall–Kier alpha value is -2.24. The van der Waals surface area contributed by atoms with Crippen LogP contribution in [0.15, 0.2) is 18.2 Å². The Balaban J connectivity index is 1.45. The lowest BCUT2D eigenvalue weighted by atomic mass is 10.2. The molecule has 6 heteroatoms. The summed E-state index contributed by atoms with van der Waals surface area (Å²) in [6, 6.07) is 5.05. The zero-order valence-electron chi connectivity index (χ0n) is 11.0. The van der Waals surface area contributed by atoms with E-state index in [0.29, 0.717) is 30.2 Å². The fourth-order valence-corrected chi connectivity index (χ4v) is 1.99. The lowest BCUT2D eigenvalue weighted by Crippen LogP contribution is -2.35. The SMILES string of the molecule is O=C(NCCNC(=O)C1CC1)c1ccc2c(c1)OCO2. The third-order valence-corrected chi connectivity index (χ3v) is 3.29. The number of hydrogen-bond acceptors (Lipinski definition) is 4. The third-order valence-electron chi connectivity index (χ3n) is 3.29. The first-order valence-electron chi connectivity index (χ1n) is 6.69. The van der Waals surface area contributed by atoms with E-state index in [0.717, 1.165) is 12.8 Å². The summed E-state index contributed by atoms with van der Waals surface area (Å²) in [5.74, 6) is 1.32. The van der Waals surface area contributed by atoms with Gasteiger partial charge in [-0.15, -0.1) is 0 Å². The summed E-state index contributed by atoms with van der Waals surface area (Å²) in [4.78, 5) is 23.3. The fraction of sp³-hybridized carbons (Fsp3) is 0.429. The molecule has 2 amide bonds. The molecule has 2 N–H and O–H groups in total. The first-order chi connectivity index (χ1) is 9.74. The summed E-state index contributed by atoms with van der Waals surface area (Å²) in [5.41, 5.74) is 0.516. The molecule has 0 radical (unpaired) electrons. The molecule has 20 heavy (non-hydrogen) atoms. The first-order valence-corrected chi connectivity index (χ1v) is 6.69. The summed E-state index contributed by atoms with van der Waals surface area (Å²) in [6.07, 6.45) is 1.96. The quantitative estimate of drug-likeness (QED) is 0.775. The number of nitrogens with one attached hydrogen (secondary N) is 2. The van der Waals surface area contributed by atoms with E-state index in [2.05, 4.69) is 10.6 Å². The van der Waals surface area contributed by atoms with Crippen LogP contribution >= 0.6 is 0 Å². The average molecular weight is 276 g/mol. The van der Waals surface area contributed by atoms with Gasteiger partial charge in [-0.3, -0.25) is 9.59 Å². The molecule has 1 fully saturated rings. The molecular formula is C14H16N2O4. The van der Waals surface area contributed by atoms with E-state index in [1.54, 1.807) is 18.2 Å². The zero-order chi connectivity index (χ0) is 13.9. The first kappa shape index (κ1) is 12.8. The van der Waals surface area contributed by atoms with Crippen molar-refractivity contribution in [3.63, 3.8) is 0 Å². The summed E-state index contributed by atoms with van der Waals surface area (Å²) in [7, 11) is 0. The minimum atomic E-state index is -0.191. The van der Waals surface area contributed by atoms with E-state index >= 15 is 0 Å². The number of rotatable bonds is 5. The van der Waals surface area contributed by atoms with Crippen LogP contribution in [-0.4, -0.2) is 31.7 Å². The van der Waals surface area contributed by atoms with Crippen molar-refractivity contribution in [2.75, 3.05) is 19.9 Å². The molecule has 1 saturated carbocycles. The molecule has 1 heterocycles. The maximum Gasteiger partial charge on any atom is 0.251 e. The minimum absolute atomic E-state index is 0.0855. The largest absolute Gasteiger partial charge is 0.454 e. The average Bonchev–Trinajstić information content (AvgIpc) is 3.20. The Kier molecular flexibility index (Phi) is 3.45. The molecule has 0 spiro atoms. The summed E-state index contributed by atoms with van der Waals surface area (Å²) in [5, 5.41) is 5.55. The molecule has 106 valence electrons. The molecule has 6 nitrogen and oxygen atoms in total. The van der Waals surface area contributed by atoms with Gasteiger partial charge in [0.1, 0.15) is 0 Å². The Bertz CT molecular complexity index is 540. The van der Waals surface area contributed by atoms with E-state index in [1.165, 1.54) is 0 Å². The van der Waals surface area contributed by atoms with Crippen molar-refractivity contribution in [2.24, 2.45) is 5.92 Å². The predicted molar refractivity (Wildman–Crippen MR) is 70.6 cm³/mol. The molecule has 2 aliphatic rings. The van der Waals surface area contributed by atoms with E-state index in [1.807, 2.05) is 0 Å². The van der Waals surface area contributed by atoms with Crippen LogP contribution in [0.1, 0.15) is 23.2 Å². The second-order valence-corrected chi connectivity index (χ2v) is 4.89. The van der Waals surface area contributed by atoms with Crippen LogP contribution in [-0.2, 0) is 4.79 Å². The Morgan fingerprint density at radius 2 is 1.85 bits per heavy atom. The third kappa shape index (κ3) is 2.84. The molecule has 0 atom stereocenters. The molecule has 0 aromatic heterocycles. The Labute approximate surface area is 116 Å².